The second-order valence-corrected chi connectivity index (χ2v) is 10.3. The van der Waals surface area contributed by atoms with Crippen molar-refractivity contribution in [3.63, 3.8) is 0 Å². The number of methoxy groups -OCH3 is 1. The molecule has 1 aromatic heterocycles. The van der Waals surface area contributed by atoms with Crippen LogP contribution in [0, 0.1) is 10.1 Å². The Hall–Kier alpha value is -3.57. The predicted octanol–water partition coefficient (Wildman–Crippen LogP) is 6.81. The van der Waals surface area contributed by atoms with Gasteiger partial charge < -0.3 is 9.47 Å². The molecule has 0 amide bonds. The summed E-state index contributed by atoms with van der Waals surface area (Å²) in [6, 6.07) is 15.2. The van der Waals surface area contributed by atoms with E-state index >= 15 is 0 Å². The summed E-state index contributed by atoms with van der Waals surface area (Å²) < 4.78 is 14.2. The lowest BCUT2D eigenvalue weighted by Gasteiger charge is -2.15. The van der Waals surface area contributed by atoms with Crippen molar-refractivity contribution in [2.75, 3.05) is 7.11 Å². The maximum Gasteiger partial charge on any atom is 0.282 e. The highest BCUT2D eigenvalue weighted by atomic mass is 79.9. The van der Waals surface area contributed by atoms with Gasteiger partial charge in [-0.1, -0.05) is 41.9 Å². The van der Waals surface area contributed by atoms with Crippen LogP contribution in [-0.4, -0.2) is 27.9 Å². The molecule has 4 rings (SSSR count). The van der Waals surface area contributed by atoms with Crippen LogP contribution in [0.25, 0.3) is 10.9 Å². The first kappa shape index (κ1) is 27.5. The minimum absolute atomic E-state index is 0.00812. The maximum absolute atomic E-state index is 13.4. The van der Waals surface area contributed by atoms with Crippen LogP contribution < -0.4 is 15.0 Å². The fraction of sp³-hybridized carbons (Fsp3) is 0.222. The molecule has 3 aromatic carbocycles. The summed E-state index contributed by atoms with van der Waals surface area (Å²) in [6.07, 6.45) is 2.36. The summed E-state index contributed by atoms with van der Waals surface area (Å²) in [5, 5.41) is 16.0. The van der Waals surface area contributed by atoms with Crippen LogP contribution in [0.4, 0.5) is 5.69 Å². The van der Waals surface area contributed by atoms with E-state index in [4.69, 9.17) is 14.5 Å². The molecule has 1 atom stereocenters. The van der Waals surface area contributed by atoms with Crippen LogP contribution in [0.2, 0.25) is 0 Å². The summed E-state index contributed by atoms with van der Waals surface area (Å²) >= 11 is 6.94. The Labute approximate surface area is 235 Å². The van der Waals surface area contributed by atoms with E-state index < -0.39 is 4.92 Å². The van der Waals surface area contributed by atoms with Gasteiger partial charge in [0.1, 0.15) is 12.4 Å². The van der Waals surface area contributed by atoms with Crippen molar-refractivity contribution >= 4 is 54.7 Å². The van der Waals surface area contributed by atoms with Crippen LogP contribution in [0.1, 0.15) is 43.1 Å². The number of halogens is 2. The smallest absolute Gasteiger partial charge is 0.282 e. The van der Waals surface area contributed by atoms with Gasteiger partial charge in [0.2, 0.25) is 0 Å². The Kier molecular flexibility index (Phi) is 8.58. The van der Waals surface area contributed by atoms with E-state index in [2.05, 4.69) is 37.0 Å². The number of fused-ring (bicyclic) bond motifs is 1. The number of rotatable bonds is 9. The first-order chi connectivity index (χ1) is 18.2. The Morgan fingerprint density at radius 1 is 1.18 bits per heavy atom. The molecule has 196 valence electrons. The average molecular weight is 644 g/mol. The highest BCUT2D eigenvalue weighted by molar-refractivity contribution is 9.10. The summed E-state index contributed by atoms with van der Waals surface area (Å²) in [5.74, 6) is 1.46. The number of non-ortho nitro benzene ring substituents is 1. The van der Waals surface area contributed by atoms with Gasteiger partial charge in [-0.25, -0.2) is 4.98 Å². The number of benzene rings is 3. The van der Waals surface area contributed by atoms with Gasteiger partial charge in [0.25, 0.3) is 11.2 Å². The van der Waals surface area contributed by atoms with Crippen molar-refractivity contribution in [1.29, 1.82) is 0 Å². The van der Waals surface area contributed by atoms with Crippen molar-refractivity contribution in [3.8, 4) is 11.5 Å². The first-order valence-corrected chi connectivity index (χ1v) is 13.3. The number of hydrogen-bond donors (Lipinski definition) is 0. The Bertz CT molecular complexity index is 1600. The topological polar surface area (TPSA) is 109 Å². The highest BCUT2D eigenvalue weighted by Crippen LogP contribution is 2.37. The molecule has 0 radical (unpaired) electrons. The third-order valence-corrected chi connectivity index (χ3v) is 7.05. The van der Waals surface area contributed by atoms with E-state index in [1.165, 1.54) is 23.9 Å². The average Bonchev–Trinajstić information content (AvgIpc) is 2.91. The monoisotopic (exact) mass is 642 g/mol. The van der Waals surface area contributed by atoms with Crippen LogP contribution in [0.15, 0.2) is 73.4 Å². The van der Waals surface area contributed by atoms with Crippen molar-refractivity contribution in [2.45, 2.75) is 32.8 Å². The van der Waals surface area contributed by atoms with E-state index in [0.717, 1.165) is 10.9 Å². The van der Waals surface area contributed by atoms with E-state index in [9.17, 15) is 14.9 Å². The molecule has 9 nitrogen and oxygen atoms in total. The Morgan fingerprint density at radius 2 is 1.97 bits per heavy atom. The molecule has 0 bridgehead atoms. The van der Waals surface area contributed by atoms with E-state index in [1.54, 1.807) is 36.5 Å². The minimum atomic E-state index is -0.448. The molecule has 0 aliphatic heterocycles. The number of ether oxygens (including phenoxy) is 2. The predicted molar refractivity (Wildman–Crippen MR) is 154 cm³/mol. The number of nitro benzene ring substituents is 1. The molecule has 0 fully saturated rings. The molecule has 0 aliphatic rings. The number of hydrogen-bond acceptors (Lipinski definition) is 7. The quantitative estimate of drug-likeness (QED) is 0.113. The lowest BCUT2D eigenvalue weighted by atomic mass is 10.1. The third-order valence-electron chi connectivity index (χ3n) is 5.97. The molecular weight excluding hydrogens is 620 g/mol. The molecule has 0 N–H and O–H groups in total. The molecule has 0 aliphatic carbocycles. The highest BCUT2D eigenvalue weighted by Gasteiger charge is 2.17. The fourth-order valence-electron chi connectivity index (χ4n) is 3.77. The molecule has 0 saturated heterocycles. The minimum Gasteiger partial charge on any atom is -0.493 e. The van der Waals surface area contributed by atoms with Gasteiger partial charge in [0, 0.05) is 22.5 Å². The van der Waals surface area contributed by atoms with Crippen molar-refractivity contribution < 1.29 is 14.4 Å². The van der Waals surface area contributed by atoms with Crippen LogP contribution in [0.5, 0.6) is 11.5 Å². The van der Waals surface area contributed by atoms with Crippen molar-refractivity contribution in [1.82, 2.24) is 9.66 Å². The second-order valence-electron chi connectivity index (χ2n) is 8.55. The SMILES string of the molecule is CC[C@@H](C)c1nc2ccc(Br)cc2c(=O)n1N=Cc1cc(Br)c(OCc2cccc([N+](=O)[O-])c2)c(OC)c1. The zero-order chi connectivity index (χ0) is 27.4. The van der Waals surface area contributed by atoms with Gasteiger partial charge in [-0.2, -0.15) is 9.78 Å². The Balaban J connectivity index is 1.68. The van der Waals surface area contributed by atoms with E-state index in [0.29, 0.717) is 43.8 Å². The fourth-order valence-corrected chi connectivity index (χ4v) is 4.71. The first-order valence-electron chi connectivity index (χ1n) is 11.7. The normalized spacial score (nSPS) is 12.1. The lowest BCUT2D eigenvalue weighted by molar-refractivity contribution is -0.384. The van der Waals surface area contributed by atoms with Gasteiger partial charge in [0.05, 0.1) is 33.6 Å². The van der Waals surface area contributed by atoms with Crippen LogP contribution in [-0.2, 0) is 6.61 Å². The number of aromatic nitrogens is 2. The number of nitrogens with zero attached hydrogens (tertiary/aromatic N) is 4. The largest absolute Gasteiger partial charge is 0.493 e. The van der Waals surface area contributed by atoms with Crippen molar-refractivity contribution in [2.24, 2.45) is 5.10 Å². The Morgan fingerprint density at radius 3 is 2.68 bits per heavy atom. The van der Waals surface area contributed by atoms with Crippen LogP contribution >= 0.6 is 31.9 Å². The summed E-state index contributed by atoms with van der Waals surface area (Å²) in [4.78, 5) is 28.7. The van der Waals surface area contributed by atoms with E-state index in [1.807, 2.05) is 26.0 Å². The third kappa shape index (κ3) is 5.94. The van der Waals surface area contributed by atoms with Gasteiger partial charge in [0.15, 0.2) is 11.5 Å². The van der Waals surface area contributed by atoms with E-state index in [-0.39, 0.29) is 23.8 Å². The molecule has 11 heteroatoms. The molecule has 38 heavy (non-hydrogen) atoms. The summed E-state index contributed by atoms with van der Waals surface area (Å²) in [7, 11) is 1.51. The molecule has 4 aromatic rings. The van der Waals surface area contributed by atoms with Gasteiger partial charge in [-0.3, -0.25) is 14.9 Å². The molecular formula is C27H24Br2N4O5. The van der Waals surface area contributed by atoms with Crippen LogP contribution in [0.3, 0.4) is 0 Å². The maximum atomic E-state index is 13.4. The second kappa shape index (κ2) is 11.9. The summed E-state index contributed by atoms with van der Waals surface area (Å²) in [6.45, 7) is 4.15. The standard InChI is InChI=1S/C27H24Br2N4O5/c1-4-16(2)26-31-23-9-8-19(28)13-21(23)27(34)32(26)30-14-18-11-22(29)25(24(12-18)37-3)38-15-17-6-5-7-20(10-17)33(35)36/h5-14,16H,4,15H2,1-3H3/t16-/m1/s1. The van der Waals surface area contributed by atoms with Gasteiger partial charge in [-0.15, -0.1) is 0 Å². The molecule has 0 saturated carbocycles. The van der Waals surface area contributed by atoms with Crippen molar-refractivity contribution in [3.05, 3.63) is 101 Å². The summed E-state index contributed by atoms with van der Waals surface area (Å²) in [5.41, 5.74) is 1.66. The zero-order valence-electron chi connectivity index (χ0n) is 20.9. The zero-order valence-corrected chi connectivity index (χ0v) is 24.0. The lowest BCUT2D eigenvalue weighted by Crippen LogP contribution is -2.23. The molecule has 0 unspecified atom stereocenters. The molecule has 1 heterocycles. The van der Waals surface area contributed by atoms with Gasteiger partial charge >= 0.3 is 0 Å². The number of nitro groups is 1. The molecule has 0 spiro atoms. The van der Waals surface area contributed by atoms with Gasteiger partial charge in [-0.05, 0) is 63.8 Å².